The van der Waals surface area contributed by atoms with Crippen LogP contribution >= 0.6 is 11.6 Å². The molecule has 0 aliphatic carbocycles. The van der Waals surface area contributed by atoms with Crippen LogP contribution in [0.3, 0.4) is 0 Å². The first-order chi connectivity index (χ1) is 8.20. The van der Waals surface area contributed by atoms with Gasteiger partial charge in [0.25, 0.3) is 0 Å². The van der Waals surface area contributed by atoms with Gasteiger partial charge in [-0.1, -0.05) is 23.7 Å². The van der Waals surface area contributed by atoms with Crippen molar-refractivity contribution >= 4 is 11.6 Å². The predicted molar refractivity (Wildman–Crippen MR) is 64.5 cm³/mol. The van der Waals surface area contributed by atoms with E-state index in [-0.39, 0.29) is 0 Å². The van der Waals surface area contributed by atoms with Crippen LogP contribution in [0.15, 0.2) is 42.6 Å². The molecule has 0 spiro atoms. The minimum Gasteiger partial charge on any atom is -0.382 e. The molecule has 1 N–H and O–H groups in total. The van der Waals surface area contributed by atoms with Gasteiger partial charge in [-0.05, 0) is 29.8 Å². The summed E-state index contributed by atoms with van der Waals surface area (Å²) in [6.45, 7) is 0. The lowest BCUT2D eigenvalue weighted by Gasteiger charge is -2.10. The van der Waals surface area contributed by atoms with Gasteiger partial charge in [0, 0.05) is 6.20 Å². The van der Waals surface area contributed by atoms with Gasteiger partial charge in [0.2, 0.25) is 0 Å². The Morgan fingerprint density at radius 3 is 2.41 bits per heavy atom. The highest BCUT2D eigenvalue weighted by Crippen LogP contribution is 2.21. The lowest BCUT2D eigenvalue weighted by atomic mass is 10.0. The minimum absolute atomic E-state index is 0.527. The quantitative estimate of drug-likeness (QED) is 0.884. The Bertz CT molecular complexity index is 543. The maximum Gasteiger partial charge on any atom is 0.121 e. The summed E-state index contributed by atoms with van der Waals surface area (Å²) in [5.74, 6) is 0. The monoisotopic (exact) mass is 244 g/mol. The molecular weight excluding hydrogens is 236 g/mol. The Morgan fingerprint density at radius 1 is 1.18 bits per heavy atom. The van der Waals surface area contributed by atoms with Gasteiger partial charge in [0.1, 0.15) is 6.10 Å². The van der Waals surface area contributed by atoms with E-state index in [4.69, 9.17) is 16.9 Å². The highest BCUT2D eigenvalue weighted by atomic mass is 35.5. The van der Waals surface area contributed by atoms with Gasteiger partial charge in [0.15, 0.2) is 0 Å². The third-order valence-corrected chi connectivity index (χ3v) is 2.61. The van der Waals surface area contributed by atoms with Crippen LogP contribution in [-0.4, -0.2) is 10.1 Å². The summed E-state index contributed by atoms with van der Waals surface area (Å²) in [7, 11) is 0. The maximum absolute atomic E-state index is 10.1. The van der Waals surface area contributed by atoms with Crippen molar-refractivity contribution in [2.75, 3.05) is 0 Å². The largest absolute Gasteiger partial charge is 0.382 e. The van der Waals surface area contributed by atoms with E-state index in [1.54, 1.807) is 36.4 Å². The van der Waals surface area contributed by atoms with E-state index in [2.05, 4.69) is 4.98 Å². The molecule has 0 saturated heterocycles. The summed E-state index contributed by atoms with van der Waals surface area (Å²) in [6.07, 6.45) is 0.684. The first-order valence-electron chi connectivity index (χ1n) is 5.00. The Morgan fingerprint density at radius 2 is 1.88 bits per heavy atom. The van der Waals surface area contributed by atoms with Gasteiger partial charge < -0.3 is 5.11 Å². The lowest BCUT2D eigenvalue weighted by molar-refractivity contribution is 0.215. The van der Waals surface area contributed by atoms with Crippen molar-refractivity contribution in [1.82, 2.24) is 4.98 Å². The van der Waals surface area contributed by atoms with E-state index in [1.165, 1.54) is 6.20 Å². The highest BCUT2D eigenvalue weighted by molar-refractivity contribution is 6.30. The molecule has 1 heterocycles. The van der Waals surface area contributed by atoms with Crippen molar-refractivity contribution in [3.63, 3.8) is 0 Å². The standard InChI is InChI=1S/C13H9ClN2O/c14-11-5-6-12(16-8-11)13(17)10-3-1-9(7-15)2-4-10/h1-6,8,13,17H. The smallest absolute Gasteiger partial charge is 0.121 e. The molecule has 2 aromatic rings. The molecule has 0 saturated carbocycles. The molecule has 3 nitrogen and oxygen atoms in total. The van der Waals surface area contributed by atoms with Crippen molar-refractivity contribution < 1.29 is 5.11 Å². The molecule has 2 rings (SSSR count). The number of aliphatic hydroxyl groups is 1. The van der Waals surface area contributed by atoms with Crippen LogP contribution in [0.5, 0.6) is 0 Å². The van der Waals surface area contributed by atoms with Crippen LogP contribution in [0.25, 0.3) is 0 Å². The second-order valence-electron chi connectivity index (χ2n) is 3.54. The number of aromatic nitrogens is 1. The number of aliphatic hydroxyl groups excluding tert-OH is 1. The minimum atomic E-state index is -0.806. The number of pyridine rings is 1. The average molecular weight is 245 g/mol. The van der Waals surface area contributed by atoms with E-state index in [0.29, 0.717) is 21.8 Å². The van der Waals surface area contributed by atoms with Crippen molar-refractivity contribution in [2.45, 2.75) is 6.10 Å². The van der Waals surface area contributed by atoms with E-state index >= 15 is 0 Å². The summed E-state index contributed by atoms with van der Waals surface area (Å²) in [4.78, 5) is 4.05. The second-order valence-corrected chi connectivity index (χ2v) is 3.97. The number of hydrogen-bond acceptors (Lipinski definition) is 3. The summed E-state index contributed by atoms with van der Waals surface area (Å²) in [5.41, 5.74) is 1.78. The van der Waals surface area contributed by atoms with Gasteiger partial charge in [-0.15, -0.1) is 0 Å². The number of rotatable bonds is 2. The van der Waals surface area contributed by atoms with E-state index in [0.717, 1.165) is 0 Å². The molecule has 4 heteroatoms. The zero-order valence-corrected chi connectivity index (χ0v) is 9.59. The van der Waals surface area contributed by atoms with Gasteiger partial charge in [0.05, 0.1) is 22.3 Å². The molecular formula is C13H9ClN2O. The van der Waals surface area contributed by atoms with Crippen molar-refractivity contribution in [3.05, 3.63) is 64.4 Å². The molecule has 0 radical (unpaired) electrons. The van der Waals surface area contributed by atoms with E-state index in [9.17, 15) is 5.11 Å². The topological polar surface area (TPSA) is 56.9 Å². The van der Waals surface area contributed by atoms with Gasteiger partial charge in [-0.25, -0.2) is 0 Å². The molecule has 0 bridgehead atoms. The van der Waals surface area contributed by atoms with Gasteiger partial charge >= 0.3 is 0 Å². The molecule has 0 fully saturated rings. The molecule has 0 amide bonds. The molecule has 0 aliphatic heterocycles. The fraction of sp³-hybridized carbons (Fsp3) is 0.0769. The van der Waals surface area contributed by atoms with Gasteiger partial charge in [-0.3, -0.25) is 4.98 Å². The number of halogens is 1. The third kappa shape index (κ3) is 2.62. The average Bonchev–Trinajstić information content (AvgIpc) is 2.39. The molecule has 1 unspecified atom stereocenters. The molecule has 17 heavy (non-hydrogen) atoms. The van der Waals surface area contributed by atoms with Crippen LogP contribution in [-0.2, 0) is 0 Å². The number of nitrogens with zero attached hydrogens (tertiary/aromatic N) is 2. The summed E-state index contributed by atoms with van der Waals surface area (Å²) >= 11 is 5.72. The Kier molecular flexibility index (Phi) is 3.38. The van der Waals surface area contributed by atoms with Crippen LogP contribution in [0, 0.1) is 11.3 Å². The molecule has 84 valence electrons. The Balaban J connectivity index is 2.27. The zero-order chi connectivity index (χ0) is 12.3. The van der Waals surface area contributed by atoms with Crippen LogP contribution in [0.2, 0.25) is 5.02 Å². The van der Waals surface area contributed by atoms with E-state index in [1.807, 2.05) is 6.07 Å². The Labute approximate surface area is 104 Å². The Hall–Kier alpha value is -1.89. The predicted octanol–water partition coefficient (Wildman–Crippen LogP) is 2.69. The first kappa shape index (κ1) is 11.6. The highest BCUT2D eigenvalue weighted by Gasteiger charge is 2.11. The molecule has 1 aromatic carbocycles. The van der Waals surface area contributed by atoms with Crippen molar-refractivity contribution in [2.24, 2.45) is 0 Å². The second kappa shape index (κ2) is 4.96. The van der Waals surface area contributed by atoms with Crippen molar-refractivity contribution in [3.8, 4) is 6.07 Å². The number of nitriles is 1. The van der Waals surface area contributed by atoms with Crippen LogP contribution < -0.4 is 0 Å². The normalized spacial score (nSPS) is 11.8. The number of hydrogen-bond donors (Lipinski definition) is 1. The zero-order valence-electron chi connectivity index (χ0n) is 8.84. The number of benzene rings is 1. The fourth-order valence-corrected chi connectivity index (χ4v) is 1.57. The van der Waals surface area contributed by atoms with E-state index < -0.39 is 6.10 Å². The molecule has 0 aliphatic rings. The third-order valence-electron chi connectivity index (χ3n) is 2.39. The lowest BCUT2D eigenvalue weighted by Crippen LogP contribution is -2.01. The SMILES string of the molecule is N#Cc1ccc(C(O)c2ccc(Cl)cn2)cc1. The summed E-state index contributed by atoms with van der Waals surface area (Å²) in [6, 6.07) is 12.1. The van der Waals surface area contributed by atoms with Crippen molar-refractivity contribution in [1.29, 1.82) is 5.26 Å². The summed E-state index contributed by atoms with van der Waals surface area (Å²) < 4.78 is 0. The molecule has 1 aromatic heterocycles. The fourth-order valence-electron chi connectivity index (χ4n) is 1.46. The van der Waals surface area contributed by atoms with Gasteiger partial charge in [-0.2, -0.15) is 5.26 Å². The summed E-state index contributed by atoms with van der Waals surface area (Å²) in [5, 5.41) is 19.3. The molecule has 1 atom stereocenters. The first-order valence-corrected chi connectivity index (χ1v) is 5.38. The van der Waals surface area contributed by atoms with Crippen LogP contribution in [0.1, 0.15) is 22.9 Å². The maximum atomic E-state index is 10.1. The van der Waals surface area contributed by atoms with Crippen LogP contribution in [0.4, 0.5) is 0 Å².